The van der Waals surface area contributed by atoms with Gasteiger partial charge in [0.2, 0.25) is 0 Å². The summed E-state index contributed by atoms with van der Waals surface area (Å²) in [5, 5.41) is 0. The maximum atomic E-state index is 11.9. The molecule has 0 radical (unpaired) electrons. The summed E-state index contributed by atoms with van der Waals surface area (Å²) in [5.74, 6) is -0.263. The van der Waals surface area contributed by atoms with Crippen LogP contribution in [0.3, 0.4) is 0 Å². The minimum Gasteiger partial charge on any atom is -0.461 e. The number of unbranched alkanes of at least 4 members (excludes halogenated alkanes) is 4. The third-order valence-electron chi connectivity index (χ3n) is 3.07. The van der Waals surface area contributed by atoms with Crippen LogP contribution >= 0.6 is 0 Å². The molecule has 2 N–H and O–H groups in total. The highest BCUT2D eigenvalue weighted by Crippen LogP contribution is 2.13. The molecule has 0 saturated carbocycles. The van der Waals surface area contributed by atoms with Crippen molar-refractivity contribution in [3.63, 3.8) is 0 Å². The molecule has 0 aliphatic rings. The first kappa shape index (κ1) is 15.6. The van der Waals surface area contributed by atoms with Crippen molar-refractivity contribution in [1.82, 2.24) is 4.57 Å². The molecule has 1 heterocycles. The van der Waals surface area contributed by atoms with E-state index in [1.807, 2.05) is 4.57 Å². The Kier molecular flexibility index (Phi) is 7.08. The first-order chi connectivity index (χ1) is 9.19. The fraction of sp³-hybridized carbons (Fsp3) is 0.667. The first-order valence-electron chi connectivity index (χ1n) is 7.31. The molecular weight excluding hydrogens is 240 g/mol. The van der Waals surface area contributed by atoms with E-state index in [2.05, 4.69) is 13.8 Å². The number of nitrogens with two attached hydrogens (primary N) is 1. The summed E-state index contributed by atoms with van der Waals surface area (Å²) in [4.78, 5) is 11.9. The zero-order valence-electron chi connectivity index (χ0n) is 12.2. The van der Waals surface area contributed by atoms with Gasteiger partial charge in [0.1, 0.15) is 5.69 Å². The van der Waals surface area contributed by atoms with E-state index in [1.54, 1.807) is 12.3 Å². The van der Waals surface area contributed by atoms with Gasteiger partial charge in [0.05, 0.1) is 12.3 Å². The van der Waals surface area contributed by atoms with Crippen molar-refractivity contribution in [2.24, 2.45) is 0 Å². The average molecular weight is 266 g/mol. The quantitative estimate of drug-likeness (QED) is 0.548. The molecule has 0 atom stereocenters. The number of carbonyl (C=O) groups excluding carboxylic acids is 1. The number of esters is 1. The molecular formula is C15H26N2O2. The topological polar surface area (TPSA) is 57.2 Å². The molecule has 108 valence electrons. The molecule has 4 heteroatoms. The number of aryl methyl sites for hydroxylation is 1. The molecule has 0 aromatic carbocycles. The molecule has 0 spiro atoms. The van der Waals surface area contributed by atoms with E-state index in [0.717, 1.165) is 25.8 Å². The fourth-order valence-electron chi connectivity index (χ4n) is 2.07. The number of carbonyl (C=O) groups is 1. The van der Waals surface area contributed by atoms with Crippen LogP contribution in [0.25, 0.3) is 0 Å². The molecule has 0 bridgehead atoms. The normalized spacial score (nSPS) is 10.6. The lowest BCUT2D eigenvalue weighted by atomic mass is 10.2. The van der Waals surface area contributed by atoms with Crippen LogP contribution in [0.2, 0.25) is 0 Å². The van der Waals surface area contributed by atoms with Crippen LogP contribution in [0.1, 0.15) is 62.9 Å². The zero-order valence-corrected chi connectivity index (χ0v) is 12.2. The number of nitrogen functional groups attached to an aromatic ring is 1. The Morgan fingerprint density at radius 1 is 1.21 bits per heavy atom. The number of ether oxygens (including phenoxy) is 1. The summed E-state index contributed by atoms with van der Waals surface area (Å²) in [6.07, 6.45) is 8.52. The smallest absolute Gasteiger partial charge is 0.355 e. The van der Waals surface area contributed by atoms with Crippen molar-refractivity contribution in [3.8, 4) is 0 Å². The van der Waals surface area contributed by atoms with Crippen LogP contribution in [0.4, 0.5) is 5.69 Å². The molecule has 4 nitrogen and oxygen atoms in total. The van der Waals surface area contributed by atoms with Crippen LogP contribution in [0.5, 0.6) is 0 Å². The van der Waals surface area contributed by atoms with Crippen molar-refractivity contribution in [2.75, 3.05) is 12.3 Å². The lowest BCUT2D eigenvalue weighted by molar-refractivity contribution is 0.0485. The maximum absolute atomic E-state index is 11.9. The predicted molar refractivity (Wildman–Crippen MR) is 78.2 cm³/mol. The van der Waals surface area contributed by atoms with Gasteiger partial charge in [-0.1, -0.05) is 39.5 Å². The molecule has 19 heavy (non-hydrogen) atoms. The Labute approximate surface area is 115 Å². The van der Waals surface area contributed by atoms with E-state index < -0.39 is 0 Å². The van der Waals surface area contributed by atoms with E-state index >= 15 is 0 Å². The summed E-state index contributed by atoms with van der Waals surface area (Å²) in [5.41, 5.74) is 6.91. The molecule has 0 aliphatic heterocycles. The van der Waals surface area contributed by atoms with Crippen molar-refractivity contribution in [2.45, 2.75) is 58.9 Å². The van der Waals surface area contributed by atoms with Crippen LogP contribution in [0, 0.1) is 0 Å². The first-order valence-corrected chi connectivity index (χ1v) is 7.31. The Hall–Kier alpha value is -1.45. The number of hydrogen-bond donors (Lipinski definition) is 1. The van der Waals surface area contributed by atoms with Gasteiger partial charge in [-0.3, -0.25) is 0 Å². The summed E-state index contributed by atoms with van der Waals surface area (Å²) in [6.45, 7) is 5.54. The van der Waals surface area contributed by atoms with E-state index in [1.165, 1.54) is 19.3 Å². The van der Waals surface area contributed by atoms with Gasteiger partial charge in [0.25, 0.3) is 0 Å². The second kappa shape index (κ2) is 8.62. The highest BCUT2D eigenvalue weighted by molar-refractivity contribution is 5.89. The van der Waals surface area contributed by atoms with Crippen LogP contribution < -0.4 is 5.73 Å². The standard InChI is InChI=1S/C15H26N2O2/c1-3-5-6-7-8-10-19-15(18)14-11-13(16)12-17(14)9-4-2/h11-12H,3-10,16H2,1-2H3. The molecule has 1 aromatic rings. The van der Waals surface area contributed by atoms with E-state index in [-0.39, 0.29) is 5.97 Å². The van der Waals surface area contributed by atoms with E-state index in [0.29, 0.717) is 18.0 Å². The maximum Gasteiger partial charge on any atom is 0.355 e. The van der Waals surface area contributed by atoms with Crippen molar-refractivity contribution < 1.29 is 9.53 Å². The number of aromatic nitrogens is 1. The highest BCUT2D eigenvalue weighted by atomic mass is 16.5. The summed E-state index contributed by atoms with van der Waals surface area (Å²) >= 11 is 0. The summed E-state index contributed by atoms with van der Waals surface area (Å²) in [6, 6.07) is 1.69. The monoisotopic (exact) mass is 266 g/mol. The number of hydrogen-bond acceptors (Lipinski definition) is 3. The van der Waals surface area contributed by atoms with E-state index in [9.17, 15) is 4.79 Å². The highest BCUT2D eigenvalue weighted by Gasteiger charge is 2.13. The second-order valence-corrected chi connectivity index (χ2v) is 4.90. The molecule has 0 saturated heterocycles. The summed E-state index contributed by atoms with van der Waals surface area (Å²) < 4.78 is 7.16. The number of rotatable bonds is 9. The molecule has 0 unspecified atom stereocenters. The minimum atomic E-state index is -0.263. The van der Waals surface area contributed by atoms with Gasteiger partial charge >= 0.3 is 5.97 Å². The van der Waals surface area contributed by atoms with Gasteiger partial charge in [0, 0.05) is 12.7 Å². The van der Waals surface area contributed by atoms with Crippen molar-refractivity contribution >= 4 is 11.7 Å². The Balaban J connectivity index is 2.36. The Morgan fingerprint density at radius 3 is 2.63 bits per heavy atom. The SMILES string of the molecule is CCCCCCCOC(=O)c1cc(N)cn1CCC. The zero-order chi connectivity index (χ0) is 14.1. The van der Waals surface area contributed by atoms with Crippen LogP contribution in [-0.4, -0.2) is 17.1 Å². The van der Waals surface area contributed by atoms with Gasteiger partial charge in [-0.15, -0.1) is 0 Å². The largest absolute Gasteiger partial charge is 0.461 e. The van der Waals surface area contributed by atoms with Crippen LogP contribution in [0.15, 0.2) is 12.3 Å². The predicted octanol–water partition coefficient (Wildman–Crippen LogP) is 3.61. The molecule has 0 fully saturated rings. The Morgan fingerprint density at radius 2 is 1.95 bits per heavy atom. The molecule has 1 rings (SSSR count). The number of nitrogens with zero attached hydrogens (tertiary/aromatic N) is 1. The van der Waals surface area contributed by atoms with Gasteiger partial charge in [-0.2, -0.15) is 0 Å². The minimum absolute atomic E-state index is 0.263. The third kappa shape index (κ3) is 5.37. The van der Waals surface area contributed by atoms with Gasteiger partial charge in [0.15, 0.2) is 0 Å². The second-order valence-electron chi connectivity index (χ2n) is 4.90. The van der Waals surface area contributed by atoms with Crippen molar-refractivity contribution in [3.05, 3.63) is 18.0 Å². The average Bonchev–Trinajstić information content (AvgIpc) is 2.75. The van der Waals surface area contributed by atoms with Gasteiger partial charge in [-0.25, -0.2) is 4.79 Å². The summed E-state index contributed by atoms with van der Waals surface area (Å²) in [7, 11) is 0. The molecule has 1 aromatic heterocycles. The van der Waals surface area contributed by atoms with Crippen LogP contribution in [-0.2, 0) is 11.3 Å². The van der Waals surface area contributed by atoms with Gasteiger partial charge < -0.3 is 15.0 Å². The molecule has 0 aliphatic carbocycles. The lowest BCUT2D eigenvalue weighted by Crippen LogP contribution is -2.12. The third-order valence-corrected chi connectivity index (χ3v) is 3.07. The van der Waals surface area contributed by atoms with E-state index in [4.69, 9.17) is 10.5 Å². The lowest BCUT2D eigenvalue weighted by Gasteiger charge is -2.08. The Bertz CT molecular complexity index is 385. The number of anilines is 1. The van der Waals surface area contributed by atoms with Gasteiger partial charge in [-0.05, 0) is 18.9 Å². The molecule has 0 amide bonds. The fourth-order valence-corrected chi connectivity index (χ4v) is 2.07. The van der Waals surface area contributed by atoms with Crippen molar-refractivity contribution in [1.29, 1.82) is 0 Å².